The number of hydrogen-bond donors (Lipinski definition) is 2. The molecule has 0 spiro atoms. The molecule has 0 amide bonds. The van der Waals surface area contributed by atoms with E-state index in [4.69, 9.17) is 14.2 Å². The van der Waals surface area contributed by atoms with Gasteiger partial charge >= 0.3 is 0 Å². The fourth-order valence-electron chi connectivity index (χ4n) is 3.09. The van der Waals surface area contributed by atoms with Crippen LogP contribution in [0.5, 0.6) is 0 Å². The van der Waals surface area contributed by atoms with Crippen LogP contribution < -0.4 is 0 Å². The summed E-state index contributed by atoms with van der Waals surface area (Å²) in [7, 11) is 0. The second-order valence-corrected chi connectivity index (χ2v) is 7.30. The van der Waals surface area contributed by atoms with Crippen LogP contribution >= 0.6 is 11.8 Å². The van der Waals surface area contributed by atoms with Crippen molar-refractivity contribution in [3.05, 3.63) is 66.2 Å². The second-order valence-electron chi connectivity index (χ2n) is 6.13. The highest BCUT2D eigenvalue weighted by atomic mass is 32.2. The molecule has 132 valence electrons. The van der Waals surface area contributed by atoms with Crippen LogP contribution in [-0.4, -0.2) is 46.7 Å². The Morgan fingerprint density at radius 2 is 1.52 bits per heavy atom. The van der Waals surface area contributed by atoms with Crippen LogP contribution in [-0.2, 0) is 14.2 Å². The predicted octanol–water partition coefficient (Wildman–Crippen LogP) is 2.34. The first-order valence-electron chi connectivity index (χ1n) is 8.28. The van der Waals surface area contributed by atoms with Crippen molar-refractivity contribution in [3.63, 3.8) is 0 Å². The highest BCUT2D eigenvalue weighted by molar-refractivity contribution is 7.99. The molecule has 4 rings (SSSR count). The monoisotopic (exact) mass is 360 g/mol. The first-order chi connectivity index (χ1) is 12.2. The zero-order valence-corrected chi connectivity index (χ0v) is 14.3. The van der Waals surface area contributed by atoms with E-state index >= 15 is 0 Å². The first-order valence-corrected chi connectivity index (χ1v) is 9.15. The fourth-order valence-corrected chi connectivity index (χ4v) is 4.17. The number of fused-ring (bicyclic) bond motifs is 1. The Morgan fingerprint density at radius 3 is 2.24 bits per heavy atom. The molecule has 0 radical (unpaired) electrons. The molecule has 2 N–H and O–H groups in total. The smallest absolute Gasteiger partial charge is 0.184 e. The summed E-state index contributed by atoms with van der Waals surface area (Å²) in [6.07, 6.45) is -3.68. The van der Waals surface area contributed by atoms with Gasteiger partial charge < -0.3 is 24.4 Å². The number of rotatable bonds is 3. The number of aliphatic hydroxyl groups is 2. The second kappa shape index (κ2) is 7.45. The van der Waals surface area contributed by atoms with Gasteiger partial charge in [-0.05, 0) is 12.1 Å². The van der Waals surface area contributed by atoms with Crippen LogP contribution in [0.1, 0.15) is 11.9 Å². The zero-order valence-electron chi connectivity index (χ0n) is 13.5. The summed E-state index contributed by atoms with van der Waals surface area (Å²) < 4.78 is 17.6. The third-order valence-corrected chi connectivity index (χ3v) is 5.57. The SMILES string of the molecule is O[C@@H]1[C@H](O)[C@@H](Sc2ccccc2)O[C@@H]2CO[C@@H](c3ccccc3)O[C@@H]12. The minimum Gasteiger partial charge on any atom is -0.387 e. The Kier molecular flexibility index (Phi) is 5.08. The lowest BCUT2D eigenvalue weighted by Gasteiger charge is -2.46. The molecular formula is C19H20O5S. The van der Waals surface area contributed by atoms with Gasteiger partial charge in [-0.2, -0.15) is 0 Å². The molecule has 5 nitrogen and oxygen atoms in total. The Hall–Kier alpha value is -1.41. The van der Waals surface area contributed by atoms with Gasteiger partial charge in [0.25, 0.3) is 0 Å². The normalized spacial score (nSPS) is 35.1. The van der Waals surface area contributed by atoms with Gasteiger partial charge in [-0.1, -0.05) is 60.3 Å². The number of ether oxygens (including phenoxy) is 3. The van der Waals surface area contributed by atoms with Crippen molar-refractivity contribution in [3.8, 4) is 0 Å². The summed E-state index contributed by atoms with van der Waals surface area (Å²) in [5.74, 6) is 0. The van der Waals surface area contributed by atoms with Crippen molar-refractivity contribution < 1.29 is 24.4 Å². The number of aliphatic hydroxyl groups excluding tert-OH is 2. The van der Waals surface area contributed by atoms with Crippen molar-refractivity contribution in [1.29, 1.82) is 0 Å². The fraction of sp³-hybridized carbons (Fsp3) is 0.368. The Bertz CT molecular complexity index is 681. The summed E-state index contributed by atoms with van der Waals surface area (Å²) in [5, 5.41) is 21.0. The van der Waals surface area contributed by atoms with Crippen LogP contribution in [0, 0.1) is 0 Å². The molecule has 2 heterocycles. The lowest BCUT2D eigenvalue weighted by molar-refractivity contribution is -0.318. The Labute approximate surface area is 150 Å². The van der Waals surface area contributed by atoms with E-state index in [-0.39, 0.29) is 0 Å². The average Bonchev–Trinajstić information content (AvgIpc) is 2.67. The van der Waals surface area contributed by atoms with Crippen molar-refractivity contribution in [2.45, 2.75) is 41.0 Å². The molecule has 2 aliphatic heterocycles. The lowest BCUT2D eigenvalue weighted by Crippen LogP contribution is -2.60. The Morgan fingerprint density at radius 1 is 0.840 bits per heavy atom. The molecule has 2 fully saturated rings. The minimum absolute atomic E-state index is 0.305. The van der Waals surface area contributed by atoms with Gasteiger partial charge in [-0.25, -0.2) is 0 Å². The lowest BCUT2D eigenvalue weighted by atomic mass is 9.99. The van der Waals surface area contributed by atoms with Gasteiger partial charge in [0, 0.05) is 10.5 Å². The quantitative estimate of drug-likeness (QED) is 0.876. The van der Waals surface area contributed by atoms with E-state index in [1.54, 1.807) is 0 Å². The van der Waals surface area contributed by atoms with Gasteiger partial charge in [-0.3, -0.25) is 0 Å². The highest BCUT2D eigenvalue weighted by Gasteiger charge is 2.49. The van der Waals surface area contributed by atoms with Crippen LogP contribution in [0.15, 0.2) is 65.6 Å². The van der Waals surface area contributed by atoms with Gasteiger partial charge in [0.15, 0.2) is 6.29 Å². The molecule has 2 aromatic rings. The number of hydrogen-bond acceptors (Lipinski definition) is 6. The van der Waals surface area contributed by atoms with Crippen molar-refractivity contribution in [1.82, 2.24) is 0 Å². The molecule has 2 saturated heterocycles. The van der Waals surface area contributed by atoms with Crippen LogP contribution in [0.25, 0.3) is 0 Å². The maximum atomic E-state index is 10.6. The summed E-state index contributed by atoms with van der Waals surface area (Å²) in [4.78, 5) is 0.969. The third-order valence-electron chi connectivity index (χ3n) is 4.40. The van der Waals surface area contributed by atoms with Crippen LogP contribution in [0.2, 0.25) is 0 Å². The molecule has 0 saturated carbocycles. The molecule has 2 aromatic carbocycles. The largest absolute Gasteiger partial charge is 0.387 e. The van der Waals surface area contributed by atoms with E-state index in [0.29, 0.717) is 6.61 Å². The van der Waals surface area contributed by atoms with E-state index in [1.165, 1.54) is 11.8 Å². The van der Waals surface area contributed by atoms with E-state index < -0.39 is 36.1 Å². The van der Waals surface area contributed by atoms with E-state index in [0.717, 1.165) is 10.5 Å². The van der Waals surface area contributed by atoms with Crippen molar-refractivity contribution in [2.24, 2.45) is 0 Å². The first kappa shape index (κ1) is 17.0. The average molecular weight is 360 g/mol. The topological polar surface area (TPSA) is 68.2 Å². The number of thioether (sulfide) groups is 1. The summed E-state index contributed by atoms with van der Waals surface area (Å²) in [6.45, 7) is 0.305. The van der Waals surface area contributed by atoms with Crippen LogP contribution in [0.3, 0.4) is 0 Å². The molecule has 25 heavy (non-hydrogen) atoms. The molecule has 2 aliphatic rings. The van der Waals surface area contributed by atoms with Gasteiger partial charge in [-0.15, -0.1) is 0 Å². The predicted molar refractivity (Wildman–Crippen MR) is 93.0 cm³/mol. The molecule has 0 aliphatic carbocycles. The maximum absolute atomic E-state index is 10.6. The van der Waals surface area contributed by atoms with E-state index in [1.807, 2.05) is 60.7 Å². The standard InChI is InChI=1S/C19H20O5S/c20-15-16(21)19(25-13-9-5-2-6-10-13)23-14-11-22-18(24-17(14)15)12-7-3-1-4-8-12/h1-10,14-21H,11H2/t14-,15-,16+,17-,18-,19-/m1/s1. The molecule has 6 heteroatoms. The van der Waals surface area contributed by atoms with Crippen molar-refractivity contribution in [2.75, 3.05) is 6.61 Å². The zero-order chi connectivity index (χ0) is 17.2. The molecular weight excluding hydrogens is 340 g/mol. The number of benzene rings is 2. The minimum atomic E-state index is -1.04. The summed E-state index contributed by atoms with van der Waals surface area (Å²) >= 11 is 1.39. The molecule has 0 bridgehead atoms. The summed E-state index contributed by atoms with van der Waals surface area (Å²) in [6, 6.07) is 19.2. The van der Waals surface area contributed by atoms with Gasteiger partial charge in [0.2, 0.25) is 0 Å². The van der Waals surface area contributed by atoms with Crippen molar-refractivity contribution >= 4 is 11.8 Å². The van der Waals surface area contributed by atoms with Crippen LogP contribution in [0.4, 0.5) is 0 Å². The van der Waals surface area contributed by atoms with Gasteiger partial charge in [0.1, 0.15) is 29.9 Å². The molecule has 6 atom stereocenters. The maximum Gasteiger partial charge on any atom is 0.184 e. The van der Waals surface area contributed by atoms with E-state index in [2.05, 4.69) is 0 Å². The highest BCUT2D eigenvalue weighted by Crippen LogP contribution is 2.38. The molecule has 0 aromatic heterocycles. The van der Waals surface area contributed by atoms with Gasteiger partial charge in [0.05, 0.1) is 6.61 Å². The van der Waals surface area contributed by atoms with E-state index in [9.17, 15) is 10.2 Å². The Balaban J connectivity index is 1.46. The molecule has 0 unspecified atom stereocenters. The third kappa shape index (κ3) is 3.60. The summed E-state index contributed by atoms with van der Waals surface area (Å²) in [5.41, 5.74) is 0.308.